The Kier molecular flexibility index (Phi) is 2.83. The topological polar surface area (TPSA) is 24.9 Å². The van der Waals surface area contributed by atoms with Gasteiger partial charge >= 0.3 is 0 Å². The van der Waals surface area contributed by atoms with Crippen molar-refractivity contribution in [1.82, 2.24) is 10.3 Å². The summed E-state index contributed by atoms with van der Waals surface area (Å²) in [5, 5.41) is 6.39. The van der Waals surface area contributed by atoms with Gasteiger partial charge in [-0.1, -0.05) is 0 Å². The third-order valence-electron chi connectivity index (χ3n) is 1.46. The molecule has 1 N–H and O–H groups in total. The molecule has 0 bridgehead atoms. The molecule has 0 saturated carbocycles. The van der Waals surface area contributed by atoms with E-state index in [2.05, 4.69) is 17.2 Å². The molecular formula is C7H12N2S. The molecule has 0 aliphatic rings. The first-order chi connectivity index (χ1) is 4.83. The first-order valence-electron chi connectivity index (χ1n) is 3.38. The van der Waals surface area contributed by atoms with Crippen molar-refractivity contribution in [2.24, 2.45) is 0 Å². The monoisotopic (exact) mass is 156 g/mol. The van der Waals surface area contributed by atoms with Gasteiger partial charge in [-0.15, -0.1) is 11.3 Å². The predicted octanol–water partition coefficient (Wildman–Crippen LogP) is 1.29. The average molecular weight is 156 g/mol. The molecule has 0 spiro atoms. The minimum Gasteiger partial charge on any atom is -0.317 e. The lowest BCUT2D eigenvalue weighted by molar-refractivity contribution is 0.607. The van der Waals surface area contributed by atoms with Gasteiger partial charge in [-0.25, -0.2) is 4.98 Å². The van der Waals surface area contributed by atoms with Crippen LogP contribution in [0.5, 0.6) is 0 Å². The van der Waals surface area contributed by atoms with Crippen molar-refractivity contribution in [3.8, 4) is 0 Å². The molecule has 1 atom stereocenters. The highest BCUT2D eigenvalue weighted by Crippen LogP contribution is 2.06. The zero-order valence-corrected chi connectivity index (χ0v) is 7.11. The third-order valence-corrected chi connectivity index (χ3v) is 2.26. The summed E-state index contributed by atoms with van der Waals surface area (Å²) in [5.74, 6) is 0. The SMILES string of the molecule is CNC(C)Cc1nccs1. The molecule has 0 fully saturated rings. The second-order valence-corrected chi connectivity index (χ2v) is 3.30. The van der Waals surface area contributed by atoms with Gasteiger partial charge in [-0.2, -0.15) is 0 Å². The number of thiazole rings is 1. The van der Waals surface area contributed by atoms with E-state index in [9.17, 15) is 0 Å². The normalized spacial score (nSPS) is 13.4. The molecule has 10 heavy (non-hydrogen) atoms. The highest BCUT2D eigenvalue weighted by molar-refractivity contribution is 7.09. The third kappa shape index (κ3) is 2.08. The van der Waals surface area contributed by atoms with E-state index in [-0.39, 0.29) is 0 Å². The van der Waals surface area contributed by atoms with Gasteiger partial charge in [0.1, 0.15) is 0 Å². The first kappa shape index (κ1) is 7.69. The fourth-order valence-corrected chi connectivity index (χ4v) is 1.46. The van der Waals surface area contributed by atoms with Crippen LogP contribution in [0.2, 0.25) is 0 Å². The zero-order chi connectivity index (χ0) is 7.40. The van der Waals surface area contributed by atoms with Crippen LogP contribution in [0.4, 0.5) is 0 Å². The molecule has 3 heteroatoms. The van der Waals surface area contributed by atoms with Gasteiger partial charge < -0.3 is 5.32 Å². The van der Waals surface area contributed by atoms with Gasteiger partial charge in [0.25, 0.3) is 0 Å². The van der Waals surface area contributed by atoms with Crippen LogP contribution in [0.3, 0.4) is 0 Å². The lowest BCUT2D eigenvalue weighted by Gasteiger charge is -2.05. The molecule has 1 heterocycles. The van der Waals surface area contributed by atoms with Crippen LogP contribution in [0.25, 0.3) is 0 Å². The first-order valence-corrected chi connectivity index (χ1v) is 4.26. The van der Waals surface area contributed by atoms with E-state index in [1.807, 2.05) is 18.6 Å². The number of rotatable bonds is 3. The standard InChI is InChI=1S/C7H12N2S/c1-6(8-2)5-7-9-3-4-10-7/h3-4,6,8H,5H2,1-2H3. The summed E-state index contributed by atoms with van der Waals surface area (Å²) < 4.78 is 0. The van der Waals surface area contributed by atoms with Gasteiger partial charge in [0, 0.05) is 24.0 Å². The van der Waals surface area contributed by atoms with Crippen LogP contribution in [-0.4, -0.2) is 18.1 Å². The average Bonchev–Trinajstić information content (AvgIpc) is 2.40. The quantitative estimate of drug-likeness (QED) is 0.713. The number of aromatic nitrogens is 1. The minimum absolute atomic E-state index is 0.533. The van der Waals surface area contributed by atoms with E-state index in [0.717, 1.165) is 6.42 Å². The van der Waals surface area contributed by atoms with Crippen LogP contribution < -0.4 is 5.32 Å². The summed E-state index contributed by atoms with van der Waals surface area (Å²) >= 11 is 1.72. The molecule has 0 amide bonds. The second-order valence-electron chi connectivity index (χ2n) is 2.32. The summed E-state index contributed by atoms with van der Waals surface area (Å²) in [6.45, 7) is 2.15. The molecule has 56 valence electrons. The van der Waals surface area contributed by atoms with Gasteiger partial charge in [-0.3, -0.25) is 0 Å². The smallest absolute Gasteiger partial charge is 0.0940 e. The second kappa shape index (κ2) is 3.68. The fraction of sp³-hybridized carbons (Fsp3) is 0.571. The largest absolute Gasteiger partial charge is 0.317 e. The van der Waals surface area contributed by atoms with Crippen LogP contribution in [0.1, 0.15) is 11.9 Å². The molecule has 1 rings (SSSR count). The Morgan fingerprint density at radius 1 is 1.80 bits per heavy atom. The summed E-state index contributed by atoms with van der Waals surface area (Å²) in [7, 11) is 1.97. The summed E-state index contributed by atoms with van der Waals surface area (Å²) in [6.07, 6.45) is 2.89. The van der Waals surface area contributed by atoms with Crippen molar-refractivity contribution in [2.75, 3.05) is 7.05 Å². The van der Waals surface area contributed by atoms with Crippen molar-refractivity contribution in [1.29, 1.82) is 0 Å². The molecule has 1 aromatic rings. The maximum atomic E-state index is 4.18. The molecule has 0 aromatic carbocycles. The Balaban J connectivity index is 2.40. The van der Waals surface area contributed by atoms with Crippen LogP contribution in [0, 0.1) is 0 Å². The highest BCUT2D eigenvalue weighted by Gasteiger charge is 2.00. The van der Waals surface area contributed by atoms with Crippen molar-refractivity contribution in [2.45, 2.75) is 19.4 Å². The van der Waals surface area contributed by atoms with E-state index in [4.69, 9.17) is 0 Å². The number of nitrogens with one attached hydrogen (secondary N) is 1. The van der Waals surface area contributed by atoms with E-state index in [1.54, 1.807) is 11.3 Å². The number of hydrogen-bond donors (Lipinski definition) is 1. The summed E-state index contributed by atoms with van der Waals surface area (Å²) in [6, 6.07) is 0.533. The van der Waals surface area contributed by atoms with E-state index < -0.39 is 0 Å². The van der Waals surface area contributed by atoms with E-state index in [0.29, 0.717) is 6.04 Å². The molecule has 2 nitrogen and oxygen atoms in total. The molecule has 0 aliphatic carbocycles. The van der Waals surface area contributed by atoms with Crippen LogP contribution >= 0.6 is 11.3 Å². The lowest BCUT2D eigenvalue weighted by atomic mass is 10.2. The number of likely N-dealkylation sites (N-methyl/N-ethyl adjacent to an activating group) is 1. The van der Waals surface area contributed by atoms with Crippen molar-refractivity contribution in [3.05, 3.63) is 16.6 Å². The Labute approximate surface area is 65.3 Å². The molecule has 1 aromatic heterocycles. The number of nitrogens with zero attached hydrogens (tertiary/aromatic N) is 1. The Morgan fingerprint density at radius 2 is 2.60 bits per heavy atom. The molecular weight excluding hydrogens is 144 g/mol. The molecule has 0 saturated heterocycles. The van der Waals surface area contributed by atoms with Gasteiger partial charge in [0.15, 0.2) is 0 Å². The van der Waals surface area contributed by atoms with Gasteiger partial charge in [0.05, 0.1) is 5.01 Å². The summed E-state index contributed by atoms with van der Waals surface area (Å²) in [4.78, 5) is 4.18. The van der Waals surface area contributed by atoms with Crippen molar-refractivity contribution >= 4 is 11.3 Å². The van der Waals surface area contributed by atoms with Crippen LogP contribution in [0.15, 0.2) is 11.6 Å². The van der Waals surface area contributed by atoms with E-state index >= 15 is 0 Å². The summed E-state index contributed by atoms with van der Waals surface area (Å²) in [5.41, 5.74) is 0. The van der Waals surface area contributed by atoms with Gasteiger partial charge in [-0.05, 0) is 14.0 Å². The molecule has 0 radical (unpaired) electrons. The Morgan fingerprint density at radius 3 is 3.10 bits per heavy atom. The Hall–Kier alpha value is -0.410. The predicted molar refractivity (Wildman–Crippen MR) is 44.3 cm³/mol. The van der Waals surface area contributed by atoms with Crippen LogP contribution in [-0.2, 0) is 6.42 Å². The highest BCUT2D eigenvalue weighted by atomic mass is 32.1. The maximum Gasteiger partial charge on any atom is 0.0940 e. The zero-order valence-electron chi connectivity index (χ0n) is 6.29. The minimum atomic E-state index is 0.533. The van der Waals surface area contributed by atoms with Gasteiger partial charge in [0.2, 0.25) is 0 Å². The lowest BCUT2D eigenvalue weighted by Crippen LogP contribution is -2.23. The van der Waals surface area contributed by atoms with Crippen molar-refractivity contribution in [3.63, 3.8) is 0 Å². The fourth-order valence-electron chi connectivity index (χ4n) is 0.718. The van der Waals surface area contributed by atoms with E-state index in [1.165, 1.54) is 5.01 Å². The Bertz CT molecular complexity index is 172. The molecule has 0 aliphatic heterocycles. The molecule has 1 unspecified atom stereocenters. The number of hydrogen-bond acceptors (Lipinski definition) is 3. The maximum absolute atomic E-state index is 4.18. The van der Waals surface area contributed by atoms with Crippen molar-refractivity contribution < 1.29 is 0 Å².